The van der Waals surface area contributed by atoms with Gasteiger partial charge in [-0.15, -0.1) is 0 Å². The van der Waals surface area contributed by atoms with E-state index in [9.17, 15) is 81.1 Å². The van der Waals surface area contributed by atoms with Gasteiger partial charge in [-0.3, -0.25) is 0 Å². The van der Waals surface area contributed by atoms with Gasteiger partial charge in [-0.1, -0.05) is 24.3 Å². The van der Waals surface area contributed by atoms with Crippen LogP contribution in [0.1, 0.15) is 28.4 Å². The van der Waals surface area contributed by atoms with E-state index in [-0.39, 0.29) is 39.7 Å². The molecule has 0 spiro atoms. The Bertz CT molecular complexity index is 2760. The molecule has 0 aromatic heterocycles. The van der Waals surface area contributed by atoms with Gasteiger partial charge in [-0.25, -0.2) is 9.59 Å². The summed E-state index contributed by atoms with van der Waals surface area (Å²) in [5, 5.41) is 148. The maximum Gasteiger partial charge on any atom is 0.331 e. The summed E-state index contributed by atoms with van der Waals surface area (Å²) in [6.07, 6.45) is -21.7. The zero-order valence-electron chi connectivity index (χ0n) is 38.8. The van der Waals surface area contributed by atoms with Crippen LogP contribution >= 0.6 is 0 Å². The van der Waals surface area contributed by atoms with Crippen molar-refractivity contribution in [3.63, 3.8) is 0 Å². The summed E-state index contributed by atoms with van der Waals surface area (Å²) >= 11 is 0. The van der Waals surface area contributed by atoms with E-state index in [0.29, 0.717) is 5.56 Å². The molecule has 14 N–H and O–H groups in total. The lowest BCUT2D eigenvalue weighted by molar-refractivity contribution is -0.353. The molecule has 3 saturated heterocycles. The first kappa shape index (κ1) is 54.0. The predicted octanol–water partition coefficient (Wildman–Crippen LogP) is -0.618. The smallest absolute Gasteiger partial charge is 0.331 e. The lowest BCUT2D eigenvalue weighted by Crippen LogP contribution is -2.63. The Balaban J connectivity index is 1.14. The first-order valence-electron chi connectivity index (χ1n) is 22.9. The molecule has 4 aliphatic rings. The minimum absolute atomic E-state index is 0.0220. The van der Waals surface area contributed by atoms with Crippen molar-refractivity contribution in [2.75, 3.05) is 19.8 Å². The number of benzene rings is 4. The summed E-state index contributed by atoms with van der Waals surface area (Å²) in [6.45, 7) is -2.21. The monoisotopic (exact) mass is 1050 g/mol. The topological polar surface area (TPSA) is 400 Å². The van der Waals surface area contributed by atoms with Crippen molar-refractivity contribution < 1.29 is 124 Å². The Morgan fingerprint density at radius 1 is 0.600 bits per heavy atom. The molecule has 0 aliphatic carbocycles. The van der Waals surface area contributed by atoms with Gasteiger partial charge in [0, 0.05) is 29.8 Å². The summed E-state index contributed by atoms with van der Waals surface area (Å²) < 4.78 is 53.0. The van der Waals surface area contributed by atoms with E-state index in [2.05, 4.69) is 0 Å². The van der Waals surface area contributed by atoms with Crippen molar-refractivity contribution in [3.05, 3.63) is 113 Å². The van der Waals surface area contributed by atoms with Crippen LogP contribution in [-0.4, -0.2) is 189 Å². The van der Waals surface area contributed by atoms with Crippen LogP contribution in [0.15, 0.2) is 90.7 Å². The second kappa shape index (κ2) is 23.1. The number of phenolic OH excluding ortho intramolecular Hbond substituents is 6. The van der Waals surface area contributed by atoms with Gasteiger partial charge in [0.25, 0.3) is 0 Å². The Labute approximate surface area is 423 Å². The van der Waals surface area contributed by atoms with E-state index < -0.39 is 153 Å². The Morgan fingerprint density at radius 2 is 1.25 bits per heavy atom. The number of fused-ring (bicyclic) bond motifs is 1. The van der Waals surface area contributed by atoms with E-state index >= 15 is 0 Å². The highest BCUT2D eigenvalue weighted by Crippen LogP contribution is 2.47. The van der Waals surface area contributed by atoms with Crippen LogP contribution in [0.25, 0.3) is 18.2 Å². The maximum atomic E-state index is 13.2. The van der Waals surface area contributed by atoms with Crippen LogP contribution in [0.4, 0.5) is 0 Å². The van der Waals surface area contributed by atoms with Crippen LogP contribution < -0.4 is 9.47 Å². The zero-order chi connectivity index (χ0) is 53.8. The minimum Gasteiger partial charge on any atom is -0.508 e. The zero-order valence-corrected chi connectivity index (χ0v) is 38.8. The number of aliphatic hydroxyl groups excluding tert-OH is 8. The SMILES string of the molecule is O=C(C=Cc1ccc(O)cc1)OC[C@H]1O[C@@H](OC2=Cc3c(O[C@@H]4O[C@H](CO)[C@@H](O)[C@H](O)[C@H]4O)cc(O)cc3O[C@@H]2c2ccc(O)c(O)c2)[C@H](O[C@@H]2OC[C@@H](O)[C@H](O)[C@H]2OC(=O)C=Cc2ccc(O)c(O)c2)[C@@H](O)[C@@H]1O. The van der Waals surface area contributed by atoms with Gasteiger partial charge in [0.05, 0.1) is 18.8 Å². The van der Waals surface area contributed by atoms with Crippen molar-refractivity contribution in [1.82, 2.24) is 0 Å². The second-order valence-corrected chi connectivity index (χ2v) is 17.5. The van der Waals surface area contributed by atoms with Gasteiger partial charge in [-0.2, -0.15) is 0 Å². The van der Waals surface area contributed by atoms with E-state index in [4.69, 9.17) is 42.6 Å². The molecular weight excluding hydrogens is 1000 g/mol. The number of rotatable bonds is 15. The molecule has 25 nitrogen and oxygen atoms in total. The van der Waals surface area contributed by atoms with Crippen LogP contribution in [0.2, 0.25) is 0 Å². The Hall–Kier alpha value is -7.24. The van der Waals surface area contributed by atoms with Crippen molar-refractivity contribution in [2.24, 2.45) is 0 Å². The molecule has 0 saturated carbocycles. The highest BCUT2D eigenvalue weighted by molar-refractivity contribution is 5.88. The normalized spacial score (nSPS) is 30.7. The molecule has 4 aromatic rings. The van der Waals surface area contributed by atoms with Crippen LogP contribution in [0.5, 0.6) is 46.0 Å². The standard InChI is InChI=1S/C50H52O25/c51-18-35-40(62)42(64)44(66)48(72-35)70-33-16-25(53)15-32-26(33)17-34(45(69-32)23-6-10-28(55)30(57)14-23)71-50-47(43(65)41(63)36(73-50)20-67-37(59)11-4-21-1-7-24(52)8-2-21)75-49-46(39(61)31(58)19-68-49)74-38(60)12-5-22-3-9-27(54)29(56)13-22/h1-17,31,35-36,39-58,61-66H,18-20H2/t31-,35-,36-,39+,40-,41-,42+,43+,44-,45-,46-,47-,48-,49+,50-/m1/s1. The molecule has 402 valence electrons. The maximum absolute atomic E-state index is 13.2. The van der Waals surface area contributed by atoms with E-state index in [0.717, 1.165) is 48.6 Å². The fourth-order valence-corrected chi connectivity index (χ4v) is 8.17. The number of hydrogen-bond donors (Lipinski definition) is 14. The lowest BCUT2D eigenvalue weighted by Gasteiger charge is -2.45. The predicted molar refractivity (Wildman–Crippen MR) is 249 cm³/mol. The third kappa shape index (κ3) is 12.3. The molecule has 75 heavy (non-hydrogen) atoms. The van der Waals surface area contributed by atoms with Crippen LogP contribution in [-0.2, 0) is 42.7 Å². The molecule has 0 amide bonds. The summed E-state index contributed by atoms with van der Waals surface area (Å²) in [5.41, 5.74) is 0.696. The van der Waals surface area contributed by atoms with Gasteiger partial charge < -0.3 is 114 Å². The number of aromatic hydroxyl groups is 6. The molecule has 0 bridgehead atoms. The average molecular weight is 1050 g/mol. The molecule has 15 atom stereocenters. The summed E-state index contributed by atoms with van der Waals surface area (Å²) in [7, 11) is 0. The minimum atomic E-state index is -2.11. The van der Waals surface area contributed by atoms with Gasteiger partial charge in [0.1, 0.15) is 90.3 Å². The van der Waals surface area contributed by atoms with Crippen molar-refractivity contribution in [1.29, 1.82) is 0 Å². The summed E-state index contributed by atoms with van der Waals surface area (Å²) in [4.78, 5) is 26.1. The number of aliphatic hydroxyl groups is 8. The largest absolute Gasteiger partial charge is 0.508 e. The number of carbonyl (C=O) groups is 2. The van der Waals surface area contributed by atoms with Crippen LogP contribution in [0.3, 0.4) is 0 Å². The van der Waals surface area contributed by atoms with Gasteiger partial charge in [0.2, 0.25) is 12.6 Å². The molecule has 4 heterocycles. The third-order valence-electron chi connectivity index (χ3n) is 12.2. The summed E-state index contributed by atoms with van der Waals surface area (Å²) in [6, 6.07) is 15.1. The molecule has 0 radical (unpaired) electrons. The Kier molecular flexibility index (Phi) is 16.7. The Morgan fingerprint density at radius 3 is 1.96 bits per heavy atom. The van der Waals surface area contributed by atoms with Crippen molar-refractivity contribution in [3.8, 4) is 46.0 Å². The first-order chi connectivity index (χ1) is 35.8. The van der Waals surface area contributed by atoms with Gasteiger partial charge in [-0.05, 0) is 65.8 Å². The highest BCUT2D eigenvalue weighted by Gasteiger charge is 2.52. The first-order valence-corrected chi connectivity index (χ1v) is 22.9. The average Bonchev–Trinajstić information content (AvgIpc) is 3.39. The van der Waals surface area contributed by atoms with Gasteiger partial charge >= 0.3 is 11.9 Å². The molecule has 3 fully saturated rings. The number of ether oxygens (including phenoxy) is 9. The van der Waals surface area contributed by atoms with Crippen LogP contribution in [0, 0.1) is 0 Å². The van der Waals surface area contributed by atoms with Gasteiger partial charge in [0.15, 0.2) is 47.6 Å². The molecule has 4 aromatic carbocycles. The third-order valence-corrected chi connectivity index (χ3v) is 12.2. The molecule has 25 heteroatoms. The van der Waals surface area contributed by atoms with Crippen molar-refractivity contribution in [2.45, 2.75) is 92.1 Å². The number of phenols is 6. The van der Waals surface area contributed by atoms with E-state index in [1.54, 1.807) is 0 Å². The van der Waals surface area contributed by atoms with Crippen molar-refractivity contribution >= 4 is 30.2 Å². The number of carbonyl (C=O) groups excluding carboxylic acids is 2. The molecule has 0 unspecified atom stereocenters. The molecule has 8 rings (SSSR count). The number of esters is 2. The van der Waals surface area contributed by atoms with E-state index in [1.807, 2.05) is 0 Å². The fourth-order valence-electron chi connectivity index (χ4n) is 8.17. The summed E-state index contributed by atoms with van der Waals surface area (Å²) in [5.74, 6) is -5.54. The number of hydrogen-bond acceptors (Lipinski definition) is 25. The molecular formula is C50H52O25. The quantitative estimate of drug-likeness (QED) is 0.0401. The molecule has 4 aliphatic heterocycles. The highest BCUT2D eigenvalue weighted by atomic mass is 16.8. The fraction of sp³-hybridized carbons (Fsp3) is 0.360. The second-order valence-electron chi connectivity index (χ2n) is 17.5. The lowest BCUT2D eigenvalue weighted by atomic mass is 9.97. The van der Waals surface area contributed by atoms with E-state index in [1.165, 1.54) is 54.6 Å².